The molecule has 1 heterocycles. The molecular weight excluding hydrogens is 380 g/mol. The van der Waals surface area contributed by atoms with Gasteiger partial charge in [-0.25, -0.2) is 4.98 Å². The van der Waals surface area contributed by atoms with Crippen LogP contribution in [0.15, 0.2) is 57.9 Å². The van der Waals surface area contributed by atoms with Gasteiger partial charge < -0.3 is 5.32 Å². The Balaban J connectivity index is 1.50. The van der Waals surface area contributed by atoms with E-state index in [4.69, 9.17) is 0 Å². The number of carbonyl (C=O) groups is 1. The van der Waals surface area contributed by atoms with Crippen LogP contribution in [-0.2, 0) is 11.3 Å². The summed E-state index contributed by atoms with van der Waals surface area (Å²) in [5.74, 6) is 0.430. The Kier molecular flexibility index (Phi) is 5.12. The van der Waals surface area contributed by atoms with E-state index in [1.807, 2.05) is 48.5 Å². The number of carbonyl (C=O) groups excluding carboxylic acids is 1. The van der Waals surface area contributed by atoms with Crippen molar-refractivity contribution in [2.75, 3.05) is 5.75 Å². The predicted molar refractivity (Wildman–Crippen MR) is 96.3 cm³/mol. The lowest BCUT2D eigenvalue weighted by Gasteiger charge is -2.03. The summed E-state index contributed by atoms with van der Waals surface area (Å²) >= 11 is 6.54. The van der Waals surface area contributed by atoms with Gasteiger partial charge in [0.2, 0.25) is 5.91 Å². The fourth-order valence-electron chi connectivity index (χ4n) is 1.90. The molecule has 2 aromatic carbocycles. The topological polar surface area (TPSA) is 42.0 Å². The molecule has 0 aliphatic carbocycles. The minimum absolute atomic E-state index is 0.0205. The molecule has 0 aliphatic rings. The lowest BCUT2D eigenvalue weighted by atomic mass is 10.3. The average molecular weight is 393 g/mol. The van der Waals surface area contributed by atoms with Crippen molar-refractivity contribution < 1.29 is 4.79 Å². The first-order valence-corrected chi connectivity index (χ1v) is 9.30. The Morgan fingerprint density at radius 1 is 1.18 bits per heavy atom. The number of rotatable bonds is 5. The van der Waals surface area contributed by atoms with Crippen LogP contribution < -0.4 is 5.32 Å². The van der Waals surface area contributed by atoms with Gasteiger partial charge in [0, 0.05) is 9.37 Å². The normalized spacial score (nSPS) is 10.8. The molecule has 0 spiro atoms. The van der Waals surface area contributed by atoms with E-state index in [0.717, 1.165) is 24.6 Å². The molecule has 0 bridgehead atoms. The van der Waals surface area contributed by atoms with Gasteiger partial charge in [-0.2, -0.15) is 0 Å². The second-order valence-electron chi connectivity index (χ2n) is 4.59. The average Bonchev–Trinajstić information content (AvgIpc) is 2.95. The highest BCUT2D eigenvalue weighted by Gasteiger charge is 2.06. The third-order valence-corrected chi connectivity index (χ3v) is 5.54. The number of aromatic nitrogens is 1. The molecule has 3 nitrogen and oxygen atoms in total. The maximum Gasteiger partial charge on any atom is 0.230 e. The van der Waals surface area contributed by atoms with E-state index in [0.29, 0.717) is 12.3 Å². The summed E-state index contributed by atoms with van der Waals surface area (Å²) in [5.41, 5.74) is 0.987. The first kappa shape index (κ1) is 15.5. The van der Waals surface area contributed by atoms with Crippen LogP contribution in [0.4, 0.5) is 0 Å². The smallest absolute Gasteiger partial charge is 0.230 e. The van der Waals surface area contributed by atoms with Crippen molar-refractivity contribution in [2.24, 2.45) is 0 Å². The summed E-state index contributed by atoms with van der Waals surface area (Å²) in [7, 11) is 0. The van der Waals surface area contributed by atoms with Crippen molar-refractivity contribution >= 4 is 55.2 Å². The quantitative estimate of drug-likeness (QED) is 0.651. The Morgan fingerprint density at radius 2 is 1.95 bits per heavy atom. The molecule has 0 saturated heterocycles. The van der Waals surface area contributed by atoms with Gasteiger partial charge in [-0.15, -0.1) is 23.1 Å². The lowest BCUT2D eigenvalue weighted by molar-refractivity contribution is -0.118. The lowest BCUT2D eigenvalue weighted by Crippen LogP contribution is -2.24. The molecule has 0 aliphatic heterocycles. The third-order valence-electron chi connectivity index (χ3n) is 2.96. The fourth-order valence-corrected chi connectivity index (χ4v) is 3.80. The number of amides is 1. The van der Waals surface area contributed by atoms with Crippen LogP contribution in [0.2, 0.25) is 0 Å². The Morgan fingerprint density at radius 3 is 2.73 bits per heavy atom. The van der Waals surface area contributed by atoms with Crippen molar-refractivity contribution in [3.63, 3.8) is 0 Å². The van der Waals surface area contributed by atoms with Crippen molar-refractivity contribution in [1.82, 2.24) is 10.3 Å². The molecule has 1 aromatic heterocycles. The van der Waals surface area contributed by atoms with Gasteiger partial charge >= 0.3 is 0 Å². The van der Waals surface area contributed by atoms with Crippen molar-refractivity contribution in [3.05, 3.63) is 58.0 Å². The van der Waals surface area contributed by atoms with Crippen LogP contribution in [0.3, 0.4) is 0 Å². The summed E-state index contributed by atoms with van der Waals surface area (Å²) in [6.45, 7) is 0.485. The molecule has 3 rings (SSSR count). The van der Waals surface area contributed by atoms with Gasteiger partial charge in [0.15, 0.2) is 0 Å². The van der Waals surface area contributed by atoms with Gasteiger partial charge in [-0.05, 0) is 36.4 Å². The number of thioether (sulfide) groups is 1. The second kappa shape index (κ2) is 7.26. The third kappa shape index (κ3) is 4.09. The number of nitrogens with one attached hydrogen (secondary N) is 1. The molecule has 22 heavy (non-hydrogen) atoms. The highest BCUT2D eigenvalue weighted by molar-refractivity contribution is 9.10. The van der Waals surface area contributed by atoms with Crippen molar-refractivity contribution in [2.45, 2.75) is 11.4 Å². The highest BCUT2D eigenvalue weighted by Crippen LogP contribution is 2.22. The van der Waals surface area contributed by atoms with E-state index in [-0.39, 0.29) is 5.91 Å². The summed E-state index contributed by atoms with van der Waals surface area (Å²) in [5, 5.41) is 3.85. The Hall–Kier alpha value is -1.37. The first-order valence-electron chi connectivity index (χ1n) is 6.70. The van der Waals surface area contributed by atoms with E-state index in [2.05, 4.69) is 26.2 Å². The molecular formula is C16H13BrN2OS2. The predicted octanol–water partition coefficient (Wildman–Crippen LogP) is 4.47. The number of nitrogens with zero attached hydrogens (tertiary/aromatic N) is 1. The van der Waals surface area contributed by atoms with E-state index in [1.165, 1.54) is 11.8 Å². The van der Waals surface area contributed by atoms with Gasteiger partial charge in [0.25, 0.3) is 0 Å². The highest BCUT2D eigenvalue weighted by atomic mass is 79.9. The molecule has 0 saturated carbocycles. The van der Waals surface area contributed by atoms with Gasteiger partial charge in [0.05, 0.1) is 22.5 Å². The van der Waals surface area contributed by atoms with Crippen LogP contribution >= 0.6 is 39.0 Å². The van der Waals surface area contributed by atoms with Gasteiger partial charge in [0.1, 0.15) is 5.01 Å². The minimum Gasteiger partial charge on any atom is -0.349 e. The maximum absolute atomic E-state index is 11.9. The fraction of sp³-hybridized carbons (Fsp3) is 0.125. The molecule has 0 unspecified atom stereocenters. The first-order chi connectivity index (χ1) is 10.7. The molecule has 1 amide bonds. The van der Waals surface area contributed by atoms with Crippen LogP contribution in [0.25, 0.3) is 10.2 Å². The van der Waals surface area contributed by atoms with Crippen LogP contribution in [0.1, 0.15) is 5.01 Å². The molecule has 3 aromatic rings. The van der Waals surface area contributed by atoms with E-state index >= 15 is 0 Å². The SMILES string of the molecule is O=C(CSc1ccc(Br)cc1)NCc1nc2ccccc2s1. The van der Waals surface area contributed by atoms with Crippen LogP contribution in [0.5, 0.6) is 0 Å². The standard InChI is InChI=1S/C16H13BrN2OS2/c17-11-5-7-12(8-6-11)21-10-15(20)18-9-16-19-13-3-1-2-4-14(13)22-16/h1-8H,9-10H2,(H,18,20). The molecule has 0 fully saturated rings. The summed E-state index contributed by atoms with van der Waals surface area (Å²) in [4.78, 5) is 17.5. The molecule has 0 atom stereocenters. The Labute approximate surface area is 145 Å². The number of halogens is 1. The largest absolute Gasteiger partial charge is 0.349 e. The van der Waals surface area contributed by atoms with Crippen molar-refractivity contribution in [1.29, 1.82) is 0 Å². The Bertz CT molecular complexity index is 753. The second-order valence-corrected chi connectivity index (χ2v) is 7.67. The van der Waals surface area contributed by atoms with Crippen LogP contribution in [-0.4, -0.2) is 16.6 Å². The van der Waals surface area contributed by atoms with Gasteiger partial charge in [-0.1, -0.05) is 28.1 Å². The van der Waals surface area contributed by atoms with Gasteiger partial charge in [-0.3, -0.25) is 4.79 Å². The zero-order valence-corrected chi connectivity index (χ0v) is 14.8. The van der Waals surface area contributed by atoms with Crippen LogP contribution in [0, 0.1) is 0 Å². The zero-order chi connectivity index (χ0) is 15.4. The number of para-hydroxylation sites is 1. The summed E-state index contributed by atoms with van der Waals surface area (Å²) in [6.07, 6.45) is 0. The number of benzene rings is 2. The molecule has 1 N–H and O–H groups in total. The monoisotopic (exact) mass is 392 g/mol. The van der Waals surface area contributed by atoms with Crippen molar-refractivity contribution in [3.8, 4) is 0 Å². The molecule has 6 heteroatoms. The summed E-state index contributed by atoms with van der Waals surface area (Å²) < 4.78 is 2.19. The maximum atomic E-state index is 11.9. The molecule has 112 valence electrons. The number of thiazole rings is 1. The summed E-state index contributed by atoms with van der Waals surface area (Å²) in [6, 6.07) is 15.9. The minimum atomic E-state index is 0.0205. The van der Waals surface area contributed by atoms with E-state index in [9.17, 15) is 4.79 Å². The molecule has 0 radical (unpaired) electrons. The van der Waals surface area contributed by atoms with E-state index in [1.54, 1.807) is 11.3 Å². The zero-order valence-electron chi connectivity index (χ0n) is 11.6. The number of fused-ring (bicyclic) bond motifs is 1. The number of hydrogen-bond acceptors (Lipinski definition) is 4. The van der Waals surface area contributed by atoms with E-state index < -0.39 is 0 Å². The number of hydrogen-bond donors (Lipinski definition) is 1.